The van der Waals surface area contributed by atoms with E-state index < -0.39 is 82.3 Å². The van der Waals surface area contributed by atoms with Crippen LogP contribution in [-0.2, 0) is 23.9 Å². The Morgan fingerprint density at radius 1 is 0.706 bits per heavy atom. The van der Waals surface area contributed by atoms with E-state index in [0.29, 0.717) is 6.07 Å². The molecule has 186 valence electrons. The number of halogens is 12. The summed E-state index contributed by atoms with van der Waals surface area (Å²) in [5.41, 5.74) is -6.48. The van der Waals surface area contributed by atoms with Crippen LogP contribution in [0.15, 0.2) is 41.4 Å². The standard InChI is InChI=1S/C20H12F12N2/c21-17(22,23)11-4-10(5-12(6-11)18(24,25)26)16(20(30,31)32)7-15(34-8-16)9-1-2-14(33)13(3-9)19(27,28)29/h1-6H,7-8,33H2. The molecular weight excluding hydrogens is 496 g/mol. The maximum absolute atomic E-state index is 14.1. The molecule has 1 aliphatic rings. The van der Waals surface area contributed by atoms with Crippen molar-refractivity contribution in [3.05, 3.63) is 64.2 Å². The number of nitrogens with two attached hydrogens (primary N) is 1. The van der Waals surface area contributed by atoms with Crippen molar-refractivity contribution >= 4 is 11.4 Å². The zero-order chi connectivity index (χ0) is 25.9. The SMILES string of the molecule is Nc1ccc(C2=NCC(c3cc(C(F)(F)F)cc(C(F)(F)F)c3)(C(F)(F)F)C2)cc1C(F)(F)F. The molecule has 14 heteroatoms. The third-order valence-corrected chi connectivity index (χ3v) is 5.38. The fraction of sp³-hybridized carbons (Fsp3) is 0.350. The summed E-state index contributed by atoms with van der Waals surface area (Å²) in [6.45, 7) is -1.32. The molecule has 2 N–H and O–H groups in total. The van der Waals surface area contributed by atoms with Gasteiger partial charge in [0, 0.05) is 17.8 Å². The predicted octanol–water partition coefficient (Wildman–Crippen LogP) is 7.02. The number of alkyl halides is 12. The maximum Gasteiger partial charge on any atom is 0.418 e. The third-order valence-electron chi connectivity index (χ3n) is 5.38. The van der Waals surface area contributed by atoms with E-state index >= 15 is 0 Å². The third kappa shape index (κ3) is 4.67. The van der Waals surface area contributed by atoms with E-state index in [0.717, 1.165) is 12.1 Å². The topological polar surface area (TPSA) is 38.4 Å². The first-order valence-corrected chi connectivity index (χ1v) is 9.13. The van der Waals surface area contributed by atoms with Crippen molar-refractivity contribution < 1.29 is 52.7 Å². The first kappa shape index (κ1) is 25.7. The lowest BCUT2D eigenvalue weighted by molar-refractivity contribution is -0.184. The molecule has 1 atom stereocenters. The number of anilines is 1. The van der Waals surface area contributed by atoms with Crippen molar-refractivity contribution in [1.82, 2.24) is 0 Å². The summed E-state index contributed by atoms with van der Waals surface area (Å²) in [7, 11) is 0. The Bertz CT molecular complexity index is 1090. The van der Waals surface area contributed by atoms with E-state index in [-0.39, 0.29) is 18.2 Å². The molecule has 0 fully saturated rings. The van der Waals surface area contributed by atoms with Crippen molar-refractivity contribution in [2.75, 3.05) is 12.3 Å². The average molecular weight is 508 g/mol. The van der Waals surface area contributed by atoms with Crippen LogP contribution in [0.25, 0.3) is 0 Å². The molecular formula is C20H12F12N2. The molecule has 0 aliphatic carbocycles. The zero-order valence-corrected chi connectivity index (χ0v) is 16.4. The van der Waals surface area contributed by atoms with E-state index in [2.05, 4.69) is 4.99 Å². The molecule has 1 aliphatic heterocycles. The number of nitrogens with zero attached hydrogens (tertiary/aromatic N) is 1. The Hall–Kier alpha value is -2.93. The highest BCUT2D eigenvalue weighted by molar-refractivity contribution is 6.03. The summed E-state index contributed by atoms with van der Waals surface area (Å²) < 4.78 is 161. The van der Waals surface area contributed by atoms with Gasteiger partial charge in [-0.1, -0.05) is 6.07 Å². The van der Waals surface area contributed by atoms with E-state index in [1.807, 2.05) is 0 Å². The van der Waals surface area contributed by atoms with Gasteiger partial charge >= 0.3 is 24.7 Å². The maximum atomic E-state index is 14.1. The van der Waals surface area contributed by atoms with Crippen LogP contribution in [0.4, 0.5) is 58.4 Å². The summed E-state index contributed by atoms with van der Waals surface area (Å²) in [4.78, 5) is 3.56. The fourth-order valence-corrected chi connectivity index (χ4v) is 3.58. The number of hydrogen-bond donors (Lipinski definition) is 1. The smallest absolute Gasteiger partial charge is 0.398 e. The van der Waals surface area contributed by atoms with Gasteiger partial charge in [-0.3, -0.25) is 4.99 Å². The molecule has 34 heavy (non-hydrogen) atoms. The lowest BCUT2D eigenvalue weighted by atomic mass is 9.75. The van der Waals surface area contributed by atoms with E-state index in [1.54, 1.807) is 0 Å². The van der Waals surface area contributed by atoms with E-state index in [4.69, 9.17) is 5.73 Å². The number of hydrogen-bond acceptors (Lipinski definition) is 2. The molecule has 0 radical (unpaired) electrons. The second kappa shape index (κ2) is 7.80. The summed E-state index contributed by atoms with van der Waals surface area (Å²) in [5, 5.41) is 0. The molecule has 2 aromatic rings. The van der Waals surface area contributed by atoms with Crippen LogP contribution in [0.3, 0.4) is 0 Å². The van der Waals surface area contributed by atoms with Gasteiger partial charge < -0.3 is 5.73 Å². The van der Waals surface area contributed by atoms with Gasteiger partial charge in [0.1, 0.15) is 5.41 Å². The van der Waals surface area contributed by atoms with Crippen molar-refractivity contribution in [3.8, 4) is 0 Å². The molecule has 0 aromatic heterocycles. The largest absolute Gasteiger partial charge is 0.418 e. The van der Waals surface area contributed by atoms with Crippen LogP contribution >= 0.6 is 0 Å². The molecule has 0 saturated heterocycles. The predicted molar refractivity (Wildman–Crippen MR) is 96.1 cm³/mol. The Balaban J connectivity index is 2.16. The Kier molecular flexibility index (Phi) is 5.89. The number of benzene rings is 2. The number of nitrogen functional groups attached to an aromatic ring is 1. The highest BCUT2D eigenvalue weighted by atomic mass is 19.4. The second-order valence-corrected chi connectivity index (χ2v) is 7.61. The van der Waals surface area contributed by atoms with Gasteiger partial charge in [-0.15, -0.1) is 0 Å². The number of rotatable bonds is 2. The lowest BCUT2D eigenvalue weighted by Gasteiger charge is -2.32. The Morgan fingerprint density at radius 2 is 1.24 bits per heavy atom. The second-order valence-electron chi connectivity index (χ2n) is 7.61. The van der Waals surface area contributed by atoms with Gasteiger partial charge in [0.15, 0.2) is 0 Å². The minimum atomic E-state index is -5.40. The van der Waals surface area contributed by atoms with Gasteiger partial charge in [-0.2, -0.15) is 52.7 Å². The summed E-state index contributed by atoms with van der Waals surface area (Å²) in [6, 6.07) is 1.70. The molecule has 0 saturated carbocycles. The average Bonchev–Trinajstić information content (AvgIpc) is 3.12. The van der Waals surface area contributed by atoms with Crippen molar-refractivity contribution in [1.29, 1.82) is 0 Å². The molecule has 0 amide bonds. The van der Waals surface area contributed by atoms with Crippen LogP contribution in [-0.4, -0.2) is 18.4 Å². The van der Waals surface area contributed by atoms with Crippen molar-refractivity contribution in [3.63, 3.8) is 0 Å². The fourth-order valence-electron chi connectivity index (χ4n) is 3.58. The quantitative estimate of drug-likeness (QED) is 0.344. The highest BCUT2D eigenvalue weighted by Crippen LogP contribution is 2.50. The van der Waals surface area contributed by atoms with Crippen molar-refractivity contribution in [2.45, 2.75) is 36.5 Å². The monoisotopic (exact) mass is 508 g/mol. The normalized spacial score (nSPS) is 19.9. The van der Waals surface area contributed by atoms with Gasteiger partial charge in [-0.05, 0) is 41.5 Å². The molecule has 1 unspecified atom stereocenters. The molecule has 2 aromatic carbocycles. The number of aliphatic imine (C=N–C) groups is 1. The molecule has 1 heterocycles. The molecule has 0 bridgehead atoms. The Morgan fingerprint density at radius 3 is 1.68 bits per heavy atom. The van der Waals surface area contributed by atoms with Gasteiger partial charge in [0.05, 0.1) is 23.2 Å². The van der Waals surface area contributed by atoms with Crippen LogP contribution in [0.5, 0.6) is 0 Å². The van der Waals surface area contributed by atoms with E-state index in [9.17, 15) is 52.7 Å². The van der Waals surface area contributed by atoms with Crippen LogP contribution in [0.2, 0.25) is 0 Å². The van der Waals surface area contributed by atoms with Gasteiger partial charge in [0.2, 0.25) is 0 Å². The van der Waals surface area contributed by atoms with Crippen LogP contribution in [0.1, 0.15) is 34.2 Å². The lowest BCUT2D eigenvalue weighted by Crippen LogP contribution is -2.44. The van der Waals surface area contributed by atoms with Gasteiger partial charge in [0.25, 0.3) is 0 Å². The Labute approximate surface area is 183 Å². The summed E-state index contributed by atoms with van der Waals surface area (Å²) in [5.74, 6) is 0. The summed E-state index contributed by atoms with van der Waals surface area (Å²) in [6.07, 6.45) is -22.4. The zero-order valence-electron chi connectivity index (χ0n) is 16.4. The van der Waals surface area contributed by atoms with Gasteiger partial charge in [-0.25, -0.2) is 0 Å². The van der Waals surface area contributed by atoms with Crippen LogP contribution in [0, 0.1) is 0 Å². The van der Waals surface area contributed by atoms with E-state index in [1.165, 1.54) is 0 Å². The molecule has 3 rings (SSSR count). The van der Waals surface area contributed by atoms with Crippen LogP contribution < -0.4 is 5.73 Å². The first-order chi connectivity index (χ1) is 15.3. The summed E-state index contributed by atoms with van der Waals surface area (Å²) >= 11 is 0. The highest BCUT2D eigenvalue weighted by Gasteiger charge is 2.59. The minimum Gasteiger partial charge on any atom is -0.398 e. The minimum absolute atomic E-state index is 0.0503. The molecule has 2 nitrogen and oxygen atoms in total. The molecule has 0 spiro atoms. The first-order valence-electron chi connectivity index (χ1n) is 9.13. The van der Waals surface area contributed by atoms with Crippen molar-refractivity contribution in [2.24, 2.45) is 4.99 Å².